The van der Waals surface area contributed by atoms with Crippen molar-refractivity contribution in [2.45, 2.75) is 5.41 Å². The minimum atomic E-state index is -0.670. The normalized spacial score (nSPS) is 14.4. The number of rotatable bonds is 6. The Bertz CT molecular complexity index is 3650. The van der Waals surface area contributed by atoms with Crippen LogP contribution in [0, 0.1) is 0 Å². The zero-order valence-electron chi connectivity index (χ0n) is 35.7. The molecule has 10 aromatic carbocycles. The summed E-state index contributed by atoms with van der Waals surface area (Å²) in [6, 6.07) is 83.3. The number of benzene rings is 10. The lowest BCUT2D eigenvalue weighted by molar-refractivity contribution is 0.794. The molecule has 0 N–H and O–H groups in total. The van der Waals surface area contributed by atoms with Gasteiger partial charge in [0.1, 0.15) is 0 Å². The molecule has 4 nitrogen and oxygen atoms in total. The first-order chi connectivity index (χ1) is 32.8. The first kappa shape index (κ1) is 36.7. The maximum absolute atomic E-state index is 5.53. The lowest BCUT2D eigenvalue weighted by Gasteiger charge is -2.32. The first-order valence-electron chi connectivity index (χ1n) is 22.6. The van der Waals surface area contributed by atoms with E-state index in [1.165, 1.54) is 66.4 Å². The van der Waals surface area contributed by atoms with E-state index in [1.54, 1.807) is 0 Å². The lowest BCUT2D eigenvalue weighted by atomic mass is 9.69. The average molecular weight is 839 g/mol. The molecule has 11 aromatic rings. The van der Waals surface area contributed by atoms with E-state index in [0.717, 1.165) is 44.9 Å². The summed E-state index contributed by atoms with van der Waals surface area (Å²) in [4.78, 5) is 18.7. The average Bonchev–Trinajstić information content (AvgIpc) is 4.00. The van der Waals surface area contributed by atoms with Crippen LogP contribution in [0.25, 0.3) is 89.4 Å². The monoisotopic (exact) mass is 838 g/mol. The molecule has 0 fully saturated rings. The van der Waals surface area contributed by atoms with E-state index in [9.17, 15) is 0 Å². The van der Waals surface area contributed by atoms with Crippen LogP contribution in [0.3, 0.4) is 0 Å². The third kappa shape index (κ3) is 5.07. The standard InChI is InChI=1S/C62H38N4/c1-5-20-40(21-6-1)59-63-60(41-22-7-2-8-23-41)65-61(64-59)58-55-47-33-18-25-39-24-17-32-44(54(39)47)48(55)38-52-57(58)46-31-14-16-35-50(46)62(52)49-34-15-13-30-45(49)56-51(62)36-19-37-53(56)66(42-26-9-3-10-27-42)43-28-11-4-12-29-43/h1-38H. The van der Waals surface area contributed by atoms with Crippen molar-refractivity contribution < 1.29 is 0 Å². The van der Waals surface area contributed by atoms with Crippen LogP contribution < -0.4 is 4.90 Å². The smallest absolute Gasteiger partial charge is 0.165 e. The molecule has 3 aliphatic rings. The third-order valence-corrected chi connectivity index (χ3v) is 14.0. The van der Waals surface area contributed by atoms with E-state index in [4.69, 9.17) is 15.0 Å². The first-order valence-corrected chi connectivity index (χ1v) is 22.6. The molecule has 1 spiro atoms. The minimum absolute atomic E-state index is 0.642. The number of fused-ring (bicyclic) bond motifs is 13. The molecule has 306 valence electrons. The van der Waals surface area contributed by atoms with E-state index in [2.05, 4.69) is 223 Å². The molecule has 0 aliphatic heterocycles. The van der Waals surface area contributed by atoms with Crippen LogP contribution in [-0.2, 0) is 5.41 Å². The number of anilines is 3. The fraction of sp³-hybridized carbons (Fsp3) is 0.0161. The van der Waals surface area contributed by atoms with Gasteiger partial charge in [-0.2, -0.15) is 0 Å². The van der Waals surface area contributed by atoms with Crippen LogP contribution in [0.2, 0.25) is 0 Å². The zero-order chi connectivity index (χ0) is 43.3. The molecule has 3 aliphatic carbocycles. The molecule has 1 atom stereocenters. The molecule has 0 saturated heterocycles. The molecule has 1 heterocycles. The van der Waals surface area contributed by atoms with Gasteiger partial charge in [-0.05, 0) is 103 Å². The van der Waals surface area contributed by atoms with Gasteiger partial charge in [-0.25, -0.2) is 15.0 Å². The Morgan fingerprint density at radius 2 is 0.773 bits per heavy atom. The summed E-state index contributed by atoms with van der Waals surface area (Å²) in [5.74, 6) is 1.94. The van der Waals surface area contributed by atoms with Gasteiger partial charge < -0.3 is 4.90 Å². The van der Waals surface area contributed by atoms with Crippen molar-refractivity contribution in [1.29, 1.82) is 0 Å². The van der Waals surface area contributed by atoms with Gasteiger partial charge in [0.05, 0.1) is 11.1 Å². The largest absolute Gasteiger partial charge is 0.310 e. The van der Waals surface area contributed by atoms with Crippen molar-refractivity contribution in [1.82, 2.24) is 15.0 Å². The predicted molar refractivity (Wildman–Crippen MR) is 269 cm³/mol. The predicted octanol–water partition coefficient (Wildman–Crippen LogP) is 15.5. The summed E-state index contributed by atoms with van der Waals surface area (Å²) in [6.07, 6.45) is 0. The Kier molecular flexibility index (Phi) is 7.87. The molecule has 4 heteroatoms. The molecular weight excluding hydrogens is 801 g/mol. The molecule has 0 amide bonds. The van der Waals surface area contributed by atoms with Gasteiger partial charge in [0.25, 0.3) is 0 Å². The Balaban J connectivity index is 1.14. The summed E-state index contributed by atoms with van der Waals surface area (Å²) < 4.78 is 0. The van der Waals surface area contributed by atoms with E-state index in [1.807, 2.05) is 12.1 Å². The second-order valence-corrected chi connectivity index (χ2v) is 17.4. The van der Waals surface area contributed by atoms with E-state index in [-0.39, 0.29) is 0 Å². The van der Waals surface area contributed by atoms with Gasteiger partial charge >= 0.3 is 0 Å². The van der Waals surface area contributed by atoms with Gasteiger partial charge in [0.15, 0.2) is 17.5 Å². The van der Waals surface area contributed by atoms with Gasteiger partial charge in [-0.1, -0.05) is 194 Å². The maximum atomic E-state index is 5.53. The summed E-state index contributed by atoms with van der Waals surface area (Å²) >= 11 is 0. The molecule has 1 aromatic heterocycles. The zero-order valence-corrected chi connectivity index (χ0v) is 35.7. The van der Waals surface area contributed by atoms with Crippen LogP contribution in [0.4, 0.5) is 17.1 Å². The van der Waals surface area contributed by atoms with E-state index in [0.29, 0.717) is 17.5 Å². The fourth-order valence-corrected chi connectivity index (χ4v) is 11.5. The highest BCUT2D eigenvalue weighted by Gasteiger charge is 2.54. The Hall–Kier alpha value is -8.73. The molecule has 0 bridgehead atoms. The van der Waals surface area contributed by atoms with E-state index < -0.39 is 5.41 Å². The topological polar surface area (TPSA) is 41.9 Å². The van der Waals surface area contributed by atoms with Crippen LogP contribution in [-0.4, -0.2) is 15.0 Å². The maximum Gasteiger partial charge on any atom is 0.165 e. The Labute approximate surface area is 382 Å². The van der Waals surface area contributed by atoms with E-state index >= 15 is 0 Å². The third-order valence-electron chi connectivity index (χ3n) is 14.0. The second-order valence-electron chi connectivity index (χ2n) is 17.4. The summed E-state index contributed by atoms with van der Waals surface area (Å²) in [6.45, 7) is 0. The Morgan fingerprint density at radius 1 is 0.303 bits per heavy atom. The van der Waals surface area contributed by atoms with Crippen molar-refractivity contribution in [3.63, 3.8) is 0 Å². The van der Waals surface area contributed by atoms with Crippen molar-refractivity contribution in [3.8, 4) is 78.7 Å². The molecule has 66 heavy (non-hydrogen) atoms. The van der Waals surface area contributed by atoms with Crippen LogP contribution >= 0.6 is 0 Å². The number of para-hydroxylation sites is 2. The number of aromatic nitrogens is 3. The van der Waals surface area contributed by atoms with Crippen LogP contribution in [0.1, 0.15) is 22.3 Å². The molecular formula is C62H38N4. The van der Waals surface area contributed by atoms with Crippen molar-refractivity contribution >= 4 is 27.8 Å². The number of nitrogens with zero attached hydrogens (tertiary/aromatic N) is 4. The van der Waals surface area contributed by atoms with Crippen molar-refractivity contribution in [2.24, 2.45) is 0 Å². The fourth-order valence-electron chi connectivity index (χ4n) is 11.5. The Morgan fingerprint density at radius 3 is 1.38 bits per heavy atom. The molecule has 0 saturated carbocycles. The minimum Gasteiger partial charge on any atom is -0.310 e. The molecule has 14 rings (SSSR count). The molecule has 0 radical (unpaired) electrons. The van der Waals surface area contributed by atoms with Gasteiger partial charge in [-0.3, -0.25) is 0 Å². The number of hydrogen-bond donors (Lipinski definition) is 0. The second kappa shape index (κ2) is 14.1. The van der Waals surface area contributed by atoms with Crippen LogP contribution in [0.15, 0.2) is 231 Å². The van der Waals surface area contributed by atoms with Gasteiger partial charge in [0, 0.05) is 39.2 Å². The lowest BCUT2D eigenvalue weighted by Crippen LogP contribution is -2.26. The van der Waals surface area contributed by atoms with Crippen LogP contribution in [0.5, 0.6) is 0 Å². The van der Waals surface area contributed by atoms with Crippen molar-refractivity contribution in [3.05, 3.63) is 253 Å². The number of hydrogen-bond acceptors (Lipinski definition) is 4. The highest BCUT2D eigenvalue weighted by atomic mass is 15.1. The highest BCUT2D eigenvalue weighted by molar-refractivity contribution is 6.21. The van der Waals surface area contributed by atoms with Gasteiger partial charge in [-0.15, -0.1) is 0 Å². The summed E-state index contributed by atoms with van der Waals surface area (Å²) in [5.41, 5.74) is 20.2. The highest BCUT2D eigenvalue weighted by Crippen LogP contribution is 2.68. The summed E-state index contributed by atoms with van der Waals surface area (Å²) in [5, 5.41) is 2.48. The quantitative estimate of drug-likeness (QED) is 0.167. The summed E-state index contributed by atoms with van der Waals surface area (Å²) in [7, 11) is 0. The SMILES string of the molecule is c1ccc(-c2nc(-c3ccccc3)nc(-c3c4c(cc5c3-c3ccccc3C53c5ccccc5-c5c(N(c6ccccc6)c6ccccc6)cccc53)-c3cccc5cccc-4c35)n2)cc1. The van der Waals surface area contributed by atoms with Crippen molar-refractivity contribution in [2.75, 3.05) is 4.90 Å². The molecule has 1 unspecified atom stereocenters. The van der Waals surface area contributed by atoms with Gasteiger partial charge in [0.2, 0.25) is 0 Å².